The van der Waals surface area contributed by atoms with Crippen molar-refractivity contribution in [2.45, 2.75) is 6.92 Å². The Morgan fingerprint density at radius 2 is 1.82 bits per heavy atom. The first kappa shape index (κ1) is 18.0. The molecule has 0 radical (unpaired) electrons. The first-order chi connectivity index (χ1) is 13.6. The van der Waals surface area contributed by atoms with Gasteiger partial charge in [0.05, 0.1) is 14.2 Å². The van der Waals surface area contributed by atoms with Crippen molar-refractivity contribution in [1.82, 2.24) is 14.3 Å². The number of aromatic amines is 1. The number of para-hydroxylation sites is 1. The normalized spacial score (nSPS) is 10.8. The SMILES string of the molecule is COc1cc(C)cc(OC)c1-c1nsc(NC(=O)c2cc3ccccc3[nH]2)n1. The number of aryl methyl sites for hydroxylation is 1. The molecule has 2 N–H and O–H groups in total. The van der Waals surface area contributed by atoms with Crippen LogP contribution in [0.15, 0.2) is 42.5 Å². The number of amides is 1. The smallest absolute Gasteiger partial charge is 0.273 e. The van der Waals surface area contributed by atoms with Crippen LogP contribution in [0, 0.1) is 6.92 Å². The highest BCUT2D eigenvalue weighted by molar-refractivity contribution is 7.10. The van der Waals surface area contributed by atoms with Gasteiger partial charge in [-0.2, -0.15) is 9.36 Å². The van der Waals surface area contributed by atoms with E-state index in [1.54, 1.807) is 20.3 Å². The van der Waals surface area contributed by atoms with Gasteiger partial charge < -0.3 is 14.5 Å². The Bertz CT molecular complexity index is 1110. The second-order valence-corrected chi connectivity index (χ2v) is 6.94. The van der Waals surface area contributed by atoms with Crippen molar-refractivity contribution in [2.75, 3.05) is 19.5 Å². The number of carbonyl (C=O) groups is 1. The summed E-state index contributed by atoms with van der Waals surface area (Å²) in [5.74, 6) is 1.39. The molecule has 0 aliphatic rings. The topological polar surface area (TPSA) is 89.1 Å². The molecule has 0 spiro atoms. The number of ether oxygens (including phenoxy) is 2. The van der Waals surface area contributed by atoms with Crippen LogP contribution >= 0.6 is 11.5 Å². The van der Waals surface area contributed by atoms with Gasteiger partial charge in [-0.05, 0) is 36.8 Å². The van der Waals surface area contributed by atoms with E-state index in [0.717, 1.165) is 28.0 Å². The lowest BCUT2D eigenvalue weighted by atomic mass is 10.1. The van der Waals surface area contributed by atoms with Gasteiger partial charge in [-0.25, -0.2) is 0 Å². The van der Waals surface area contributed by atoms with Crippen LogP contribution in [0.1, 0.15) is 16.1 Å². The van der Waals surface area contributed by atoms with Gasteiger partial charge in [0.1, 0.15) is 22.8 Å². The Morgan fingerprint density at radius 3 is 2.50 bits per heavy atom. The summed E-state index contributed by atoms with van der Waals surface area (Å²) in [5, 5.41) is 4.15. The van der Waals surface area contributed by atoms with Crippen molar-refractivity contribution in [3.8, 4) is 22.9 Å². The van der Waals surface area contributed by atoms with E-state index in [-0.39, 0.29) is 5.91 Å². The van der Waals surface area contributed by atoms with Gasteiger partial charge in [0.25, 0.3) is 5.91 Å². The minimum atomic E-state index is -0.276. The van der Waals surface area contributed by atoms with Crippen LogP contribution in [0.2, 0.25) is 0 Å². The van der Waals surface area contributed by atoms with E-state index in [1.807, 2.05) is 43.3 Å². The van der Waals surface area contributed by atoms with E-state index in [0.29, 0.717) is 33.7 Å². The predicted molar refractivity (Wildman–Crippen MR) is 109 cm³/mol. The van der Waals surface area contributed by atoms with Crippen LogP contribution in [0.25, 0.3) is 22.3 Å². The lowest BCUT2D eigenvalue weighted by Gasteiger charge is -2.11. The fourth-order valence-electron chi connectivity index (χ4n) is 3.00. The van der Waals surface area contributed by atoms with Gasteiger partial charge in [-0.15, -0.1) is 0 Å². The number of rotatable bonds is 5. The molecule has 0 fully saturated rings. The van der Waals surface area contributed by atoms with Crippen LogP contribution in [-0.2, 0) is 0 Å². The number of aromatic nitrogens is 3. The highest BCUT2D eigenvalue weighted by atomic mass is 32.1. The molecule has 8 heteroatoms. The summed E-state index contributed by atoms with van der Waals surface area (Å²) in [5.41, 5.74) is 3.01. The van der Waals surface area contributed by atoms with Crippen molar-refractivity contribution in [2.24, 2.45) is 0 Å². The van der Waals surface area contributed by atoms with E-state index in [4.69, 9.17) is 9.47 Å². The minimum Gasteiger partial charge on any atom is -0.496 e. The average molecular weight is 394 g/mol. The summed E-state index contributed by atoms with van der Waals surface area (Å²) in [6.07, 6.45) is 0. The molecule has 2 aromatic carbocycles. The monoisotopic (exact) mass is 394 g/mol. The zero-order valence-corrected chi connectivity index (χ0v) is 16.4. The van der Waals surface area contributed by atoms with E-state index in [2.05, 4.69) is 19.7 Å². The summed E-state index contributed by atoms with van der Waals surface area (Å²) >= 11 is 1.10. The largest absolute Gasteiger partial charge is 0.496 e. The van der Waals surface area contributed by atoms with E-state index in [9.17, 15) is 4.79 Å². The lowest BCUT2D eigenvalue weighted by molar-refractivity contribution is 0.102. The molecule has 7 nitrogen and oxygen atoms in total. The number of nitrogens with one attached hydrogen (secondary N) is 2. The minimum absolute atomic E-state index is 0.276. The summed E-state index contributed by atoms with van der Waals surface area (Å²) < 4.78 is 15.3. The molecule has 4 rings (SSSR count). The van der Waals surface area contributed by atoms with Gasteiger partial charge in [0.15, 0.2) is 5.82 Å². The van der Waals surface area contributed by atoms with Gasteiger partial charge in [0, 0.05) is 22.4 Å². The quantitative estimate of drug-likeness (QED) is 0.528. The molecule has 0 aliphatic carbocycles. The maximum absolute atomic E-state index is 12.6. The van der Waals surface area contributed by atoms with Gasteiger partial charge in [-0.3, -0.25) is 10.1 Å². The van der Waals surface area contributed by atoms with Crippen molar-refractivity contribution in [3.63, 3.8) is 0 Å². The molecule has 0 saturated carbocycles. The second-order valence-electron chi connectivity index (χ2n) is 6.19. The third-order valence-electron chi connectivity index (χ3n) is 4.29. The molecule has 28 heavy (non-hydrogen) atoms. The summed E-state index contributed by atoms with van der Waals surface area (Å²) in [4.78, 5) is 20.1. The Labute approximate surface area is 165 Å². The van der Waals surface area contributed by atoms with Crippen molar-refractivity contribution >= 4 is 33.5 Å². The Morgan fingerprint density at radius 1 is 1.11 bits per heavy atom. The standard InChI is InChI=1S/C20H18N4O3S/c1-11-8-15(26-2)17(16(9-11)27-3)18-22-20(28-24-18)23-19(25)14-10-12-6-4-5-7-13(12)21-14/h4-10,21H,1-3H3,(H,22,23,24,25). The lowest BCUT2D eigenvalue weighted by Crippen LogP contribution is -2.11. The Balaban J connectivity index is 1.62. The molecule has 142 valence electrons. The molecule has 0 atom stereocenters. The summed E-state index contributed by atoms with van der Waals surface area (Å²) in [6.45, 7) is 1.95. The number of carbonyl (C=O) groups excluding carboxylic acids is 1. The number of anilines is 1. The van der Waals surface area contributed by atoms with Crippen LogP contribution in [0.5, 0.6) is 11.5 Å². The number of nitrogens with zero attached hydrogens (tertiary/aromatic N) is 2. The van der Waals surface area contributed by atoms with Crippen LogP contribution in [0.3, 0.4) is 0 Å². The molecule has 0 saturated heterocycles. The zero-order valence-electron chi connectivity index (χ0n) is 15.6. The number of benzene rings is 2. The van der Waals surface area contributed by atoms with Gasteiger partial charge in [-0.1, -0.05) is 18.2 Å². The maximum atomic E-state index is 12.6. The van der Waals surface area contributed by atoms with E-state index < -0.39 is 0 Å². The van der Waals surface area contributed by atoms with Gasteiger partial charge >= 0.3 is 0 Å². The highest BCUT2D eigenvalue weighted by Crippen LogP contribution is 2.39. The zero-order chi connectivity index (χ0) is 19.7. The Kier molecular flexibility index (Phi) is 4.70. The fourth-order valence-corrected chi connectivity index (χ4v) is 3.57. The molecule has 0 bridgehead atoms. The number of fused-ring (bicyclic) bond motifs is 1. The molecular formula is C20H18N4O3S. The van der Waals surface area contributed by atoms with Crippen molar-refractivity contribution in [3.05, 3.63) is 53.7 Å². The third-order valence-corrected chi connectivity index (χ3v) is 4.93. The molecule has 1 amide bonds. The van der Waals surface area contributed by atoms with Crippen molar-refractivity contribution in [1.29, 1.82) is 0 Å². The summed E-state index contributed by atoms with van der Waals surface area (Å²) in [7, 11) is 3.17. The fraction of sp³-hybridized carbons (Fsp3) is 0.150. The molecule has 4 aromatic rings. The van der Waals surface area contributed by atoms with Gasteiger partial charge in [0.2, 0.25) is 5.13 Å². The van der Waals surface area contributed by atoms with Crippen LogP contribution < -0.4 is 14.8 Å². The third kappa shape index (κ3) is 3.29. The first-order valence-electron chi connectivity index (χ1n) is 8.55. The molecule has 2 heterocycles. The Hall–Kier alpha value is -3.39. The number of hydrogen-bond donors (Lipinski definition) is 2. The number of H-pyrrole nitrogens is 1. The predicted octanol–water partition coefficient (Wildman–Crippen LogP) is 4.26. The first-order valence-corrected chi connectivity index (χ1v) is 9.32. The molecule has 0 aliphatic heterocycles. The average Bonchev–Trinajstić information content (AvgIpc) is 3.33. The molecular weight excluding hydrogens is 376 g/mol. The van der Waals surface area contributed by atoms with Crippen LogP contribution in [-0.4, -0.2) is 34.5 Å². The van der Waals surface area contributed by atoms with E-state index in [1.165, 1.54) is 0 Å². The number of methoxy groups -OCH3 is 2. The van der Waals surface area contributed by atoms with Crippen LogP contribution in [0.4, 0.5) is 5.13 Å². The summed E-state index contributed by atoms with van der Waals surface area (Å²) in [6, 6.07) is 13.3. The molecule has 0 unspecified atom stereocenters. The number of hydrogen-bond acceptors (Lipinski definition) is 6. The van der Waals surface area contributed by atoms with Crippen molar-refractivity contribution < 1.29 is 14.3 Å². The maximum Gasteiger partial charge on any atom is 0.273 e. The second kappa shape index (κ2) is 7.32. The van der Waals surface area contributed by atoms with E-state index >= 15 is 0 Å². The molecule has 2 aromatic heterocycles. The highest BCUT2D eigenvalue weighted by Gasteiger charge is 2.19.